The number of aryl methyl sites for hydroxylation is 1. The average Bonchev–Trinajstić information content (AvgIpc) is 2.53. The van der Waals surface area contributed by atoms with Crippen LogP contribution in [0.3, 0.4) is 0 Å². The van der Waals surface area contributed by atoms with E-state index < -0.39 is 11.8 Å². The van der Waals surface area contributed by atoms with Crippen LogP contribution in [0.15, 0.2) is 42.9 Å². The molecule has 0 spiro atoms. The number of hydrogen-bond donors (Lipinski definition) is 2. The summed E-state index contributed by atoms with van der Waals surface area (Å²) in [7, 11) is 0. The van der Waals surface area contributed by atoms with Crippen molar-refractivity contribution in [1.82, 2.24) is 20.8 Å². The molecule has 2 aromatic rings. The Morgan fingerprint density at radius 3 is 2.35 bits per heavy atom. The molecule has 102 valence electrons. The van der Waals surface area contributed by atoms with Gasteiger partial charge in [0.05, 0.1) is 0 Å². The lowest BCUT2D eigenvalue weighted by Crippen LogP contribution is -2.41. The van der Waals surface area contributed by atoms with E-state index >= 15 is 0 Å². The van der Waals surface area contributed by atoms with Gasteiger partial charge in [-0.2, -0.15) is 0 Å². The van der Waals surface area contributed by atoms with Crippen molar-refractivity contribution in [1.29, 1.82) is 0 Å². The monoisotopic (exact) mass is 270 g/mol. The fourth-order valence-corrected chi connectivity index (χ4v) is 1.52. The maximum Gasteiger partial charge on any atom is 0.288 e. The molecule has 20 heavy (non-hydrogen) atoms. The third kappa shape index (κ3) is 3.38. The SMILES string of the molecule is CCc1ccc(C(=O)NNC(=O)c2ccncc2)nc1. The predicted molar refractivity (Wildman–Crippen MR) is 72.8 cm³/mol. The van der Waals surface area contributed by atoms with Crippen molar-refractivity contribution < 1.29 is 9.59 Å². The highest BCUT2D eigenvalue weighted by Crippen LogP contribution is 2.00. The van der Waals surface area contributed by atoms with E-state index in [-0.39, 0.29) is 5.69 Å². The number of aromatic nitrogens is 2. The van der Waals surface area contributed by atoms with Crippen LogP contribution in [0.5, 0.6) is 0 Å². The Morgan fingerprint density at radius 2 is 1.75 bits per heavy atom. The van der Waals surface area contributed by atoms with Gasteiger partial charge in [-0.1, -0.05) is 13.0 Å². The molecule has 2 amide bonds. The third-order valence-corrected chi connectivity index (χ3v) is 2.70. The minimum atomic E-state index is -0.463. The lowest BCUT2D eigenvalue weighted by Gasteiger charge is -2.07. The van der Waals surface area contributed by atoms with Crippen molar-refractivity contribution in [2.24, 2.45) is 0 Å². The first-order valence-electron chi connectivity index (χ1n) is 6.16. The standard InChI is InChI=1S/C14H14N4O2/c1-2-10-3-4-12(16-9-10)14(20)18-17-13(19)11-5-7-15-8-6-11/h3-9H,2H2,1H3,(H,17,19)(H,18,20). The Hall–Kier alpha value is -2.76. The van der Waals surface area contributed by atoms with Crippen molar-refractivity contribution in [3.63, 3.8) is 0 Å². The number of hydrogen-bond acceptors (Lipinski definition) is 4. The van der Waals surface area contributed by atoms with Gasteiger partial charge in [0, 0.05) is 24.2 Å². The molecule has 2 N–H and O–H groups in total. The molecular weight excluding hydrogens is 256 g/mol. The van der Waals surface area contributed by atoms with Crippen LogP contribution in [0.25, 0.3) is 0 Å². The normalized spacial score (nSPS) is 9.85. The molecule has 0 bridgehead atoms. The second kappa shape index (κ2) is 6.42. The molecular formula is C14H14N4O2. The minimum absolute atomic E-state index is 0.247. The second-order valence-corrected chi connectivity index (χ2v) is 4.05. The van der Waals surface area contributed by atoms with E-state index in [0.717, 1.165) is 12.0 Å². The van der Waals surface area contributed by atoms with Gasteiger partial charge in [0.2, 0.25) is 0 Å². The summed E-state index contributed by atoms with van der Waals surface area (Å²) in [6.07, 6.45) is 5.50. The summed E-state index contributed by atoms with van der Waals surface area (Å²) in [4.78, 5) is 31.3. The van der Waals surface area contributed by atoms with Crippen molar-refractivity contribution in [3.8, 4) is 0 Å². The van der Waals surface area contributed by atoms with E-state index in [1.807, 2.05) is 13.0 Å². The molecule has 0 radical (unpaired) electrons. The average molecular weight is 270 g/mol. The Bertz CT molecular complexity index is 596. The first kappa shape index (κ1) is 13.7. The van der Waals surface area contributed by atoms with Crippen LogP contribution in [0.2, 0.25) is 0 Å². The highest BCUT2D eigenvalue weighted by molar-refractivity contribution is 5.98. The lowest BCUT2D eigenvalue weighted by atomic mass is 10.2. The fourth-order valence-electron chi connectivity index (χ4n) is 1.52. The van der Waals surface area contributed by atoms with Crippen LogP contribution in [0.1, 0.15) is 33.3 Å². The first-order chi connectivity index (χ1) is 9.70. The second-order valence-electron chi connectivity index (χ2n) is 4.05. The molecule has 2 rings (SSSR count). The number of rotatable bonds is 3. The number of nitrogens with one attached hydrogen (secondary N) is 2. The highest BCUT2D eigenvalue weighted by atomic mass is 16.2. The molecule has 0 aliphatic rings. The summed E-state index contributed by atoms with van der Waals surface area (Å²) >= 11 is 0. The highest BCUT2D eigenvalue weighted by Gasteiger charge is 2.09. The first-order valence-corrected chi connectivity index (χ1v) is 6.16. The zero-order valence-corrected chi connectivity index (χ0v) is 11.0. The van der Waals surface area contributed by atoms with E-state index in [1.54, 1.807) is 24.4 Å². The van der Waals surface area contributed by atoms with Crippen molar-refractivity contribution >= 4 is 11.8 Å². The Balaban J connectivity index is 1.93. The predicted octanol–water partition coefficient (Wildman–Crippen LogP) is 1.11. The van der Waals surface area contributed by atoms with Crippen LogP contribution < -0.4 is 10.9 Å². The van der Waals surface area contributed by atoms with Gasteiger partial charge in [0.1, 0.15) is 5.69 Å². The molecule has 2 aromatic heterocycles. The van der Waals surface area contributed by atoms with E-state index in [4.69, 9.17) is 0 Å². The number of carbonyl (C=O) groups excluding carboxylic acids is 2. The number of nitrogens with zero attached hydrogens (tertiary/aromatic N) is 2. The quantitative estimate of drug-likeness (QED) is 0.818. The van der Waals surface area contributed by atoms with Crippen molar-refractivity contribution in [2.45, 2.75) is 13.3 Å². The molecule has 0 fully saturated rings. The summed E-state index contributed by atoms with van der Waals surface area (Å²) in [5, 5.41) is 0. The Kier molecular flexibility index (Phi) is 4.39. The lowest BCUT2D eigenvalue weighted by molar-refractivity contribution is 0.0844. The van der Waals surface area contributed by atoms with Gasteiger partial charge in [-0.25, -0.2) is 0 Å². The van der Waals surface area contributed by atoms with Crippen molar-refractivity contribution in [3.05, 3.63) is 59.7 Å². The van der Waals surface area contributed by atoms with Crippen LogP contribution in [0.4, 0.5) is 0 Å². The smallest absolute Gasteiger partial charge is 0.267 e. The molecule has 0 saturated heterocycles. The maximum atomic E-state index is 11.8. The number of hydrazine groups is 1. The molecule has 0 aromatic carbocycles. The topological polar surface area (TPSA) is 84.0 Å². The van der Waals surface area contributed by atoms with E-state index in [1.165, 1.54) is 12.4 Å². The number of carbonyl (C=O) groups is 2. The van der Waals surface area contributed by atoms with Gasteiger partial charge in [-0.05, 0) is 30.2 Å². The summed E-state index contributed by atoms with van der Waals surface area (Å²) in [5.41, 5.74) is 6.34. The van der Waals surface area contributed by atoms with Crippen LogP contribution in [-0.2, 0) is 6.42 Å². The molecule has 2 heterocycles. The molecule has 0 saturated carbocycles. The molecule has 0 aliphatic heterocycles. The molecule has 6 heteroatoms. The number of amides is 2. The van der Waals surface area contributed by atoms with Crippen LogP contribution in [-0.4, -0.2) is 21.8 Å². The van der Waals surface area contributed by atoms with Gasteiger partial charge in [0.25, 0.3) is 11.8 Å². The summed E-state index contributed by atoms with van der Waals surface area (Å²) in [6, 6.07) is 6.55. The Labute approximate surface area is 116 Å². The Morgan fingerprint density at radius 1 is 1.05 bits per heavy atom. The van der Waals surface area contributed by atoms with Gasteiger partial charge < -0.3 is 0 Å². The molecule has 0 unspecified atom stereocenters. The maximum absolute atomic E-state index is 11.8. The fraction of sp³-hybridized carbons (Fsp3) is 0.143. The van der Waals surface area contributed by atoms with Gasteiger partial charge in [-0.3, -0.25) is 30.4 Å². The van der Waals surface area contributed by atoms with E-state index in [2.05, 4.69) is 20.8 Å². The van der Waals surface area contributed by atoms with Crippen LogP contribution >= 0.6 is 0 Å². The largest absolute Gasteiger partial charge is 0.288 e. The summed E-state index contributed by atoms with van der Waals surface area (Å²) in [5.74, 6) is -0.874. The minimum Gasteiger partial charge on any atom is -0.267 e. The van der Waals surface area contributed by atoms with E-state index in [0.29, 0.717) is 5.56 Å². The van der Waals surface area contributed by atoms with Crippen LogP contribution in [0, 0.1) is 0 Å². The van der Waals surface area contributed by atoms with Crippen molar-refractivity contribution in [2.75, 3.05) is 0 Å². The van der Waals surface area contributed by atoms with Gasteiger partial charge >= 0.3 is 0 Å². The zero-order valence-electron chi connectivity index (χ0n) is 11.0. The zero-order chi connectivity index (χ0) is 14.4. The molecule has 0 aliphatic carbocycles. The summed E-state index contributed by atoms with van der Waals surface area (Å²) < 4.78 is 0. The third-order valence-electron chi connectivity index (χ3n) is 2.70. The van der Waals surface area contributed by atoms with E-state index in [9.17, 15) is 9.59 Å². The molecule has 6 nitrogen and oxygen atoms in total. The molecule has 0 atom stereocenters. The van der Waals surface area contributed by atoms with Gasteiger partial charge in [-0.15, -0.1) is 0 Å². The number of pyridine rings is 2. The summed E-state index contributed by atoms with van der Waals surface area (Å²) in [6.45, 7) is 2.01. The van der Waals surface area contributed by atoms with Gasteiger partial charge in [0.15, 0.2) is 0 Å².